The molecule has 0 radical (unpaired) electrons. The molecule has 0 heterocycles. The summed E-state index contributed by atoms with van der Waals surface area (Å²) in [6.45, 7) is 0.251. The third-order valence-electron chi connectivity index (χ3n) is 4.74. The largest absolute Gasteiger partial charge is 0.453 e. The number of hydrogen-bond acceptors (Lipinski definition) is 2. The van der Waals surface area contributed by atoms with Gasteiger partial charge in [-0.05, 0) is 42.0 Å². The smallest absolute Gasteiger partial charge is 0.362 e. The van der Waals surface area contributed by atoms with Crippen LogP contribution in [0, 0.1) is 0 Å². The SMILES string of the molecule is O=C(OCc1ccccc1)S(c1ccccc1)(c1ccccc1)c1ccccc1. The molecular weight excluding hydrogens is 376 g/mol. The summed E-state index contributed by atoms with van der Waals surface area (Å²) in [5, 5.41) is -0.204. The molecular formula is C26H22O2S. The summed E-state index contributed by atoms with van der Waals surface area (Å²) in [6.07, 6.45) is 0. The fourth-order valence-corrected chi connectivity index (χ4v) is 6.70. The van der Waals surface area contributed by atoms with Crippen LogP contribution in [0.4, 0.5) is 4.79 Å². The highest BCUT2D eigenvalue weighted by atomic mass is 32.3. The monoisotopic (exact) mass is 398 g/mol. The summed E-state index contributed by atoms with van der Waals surface area (Å²) in [5.74, 6) is 0. The van der Waals surface area contributed by atoms with Gasteiger partial charge in [0.15, 0.2) is 0 Å². The van der Waals surface area contributed by atoms with E-state index in [1.807, 2.05) is 121 Å². The molecule has 29 heavy (non-hydrogen) atoms. The van der Waals surface area contributed by atoms with Crippen LogP contribution in [-0.4, -0.2) is 5.30 Å². The van der Waals surface area contributed by atoms with E-state index >= 15 is 0 Å². The highest BCUT2D eigenvalue weighted by Gasteiger charge is 2.40. The first-order chi connectivity index (χ1) is 14.3. The van der Waals surface area contributed by atoms with Crippen LogP contribution in [0.3, 0.4) is 0 Å². The fraction of sp³-hybridized carbons (Fsp3) is 0.0385. The van der Waals surface area contributed by atoms with E-state index in [-0.39, 0.29) is 11.9 Å². The Morgan fingerprint density at radius 1 is 0.552 bits per heavy atom. The molecule has 0 aliphatic carbocycles. The average Bonchev–Trinajstić information content (AvgIpc) is 2.81. The van der Waals surface area contributed by atoms with E-state index < -0.39 is 10.0 Å². The van der Waals surface area contributed by atoms with Crippen molar-refractivity contribution in [3.63, 3.8) is 0 Å². The number of rotatable bonds is 5. The van der Waals surface area contributed by atoms with Crippen molar-refractivity contribution in [1.82, 2.24) is 0 Å². The Kier molecular flexibility index (Phi) is 5.78. The van der Waals surface area contributed by atoms with Gasteiger partial charge in [-0.2, -0.15) is 0 Å². The van der Waals surface area contributed by atoms with E-state index in [1.54, 1.807) is 0 Å². The van der Waals surface area contributed by atoms with Gasteiger partial charge in [-0.3, -0.25) is 0 Å². The van der Waals surface area contributed by atoms with Crippen LogP contribution < -0.4 is 0 Å². The van der Waals surface area contributed by atoms with Crippen LogP contribution in [0.5, 0.6) is 0 Å². The predicted octanol–water partition coefficient (Wildman–Crippen LogP) is 7.31. The molecule has 3 heteroatoms. The van der Waals surface area contributed by atoms with Crippen molar-refractivity contribution in [2.75, 3.05) is 0 Å². The number of hydrogen-bond donors (Lipinski definition) is 0. The van der Waals surface area contributed by atoms with Crippen LogP contribution in [0.2, 0.25) is 0 Å². The molecule has 0 aromatic heterocycles. The molecule has 0 unspecified atom stereocenters. The number of ether oxygens (including phenoxy) is 1. The van der Waals surface area contributed by atoms with Crippen molar-refractivity contribution in [3.05, 3.63) is 127 Å². The second-order valence-electron chi connectivity index (χ2n) is 6.58. The standard InChI is InChI=1S/C26H22O2S/c27-26(28-21-22-13-5-1-6-14-22)29(23-15-7-2-8-16-23,24-17-9-3-10-18-24)25-19-11-4-12-20-25/h1-20H,21H2. The minimum absolute atomic E-state index is 0.204. The van der Waals surface area contributed by atoms with Gasteiger partial charge in [-0.1, -0.05) is 95.0 Å². The lowest BCUT2D eigenvalue weighted by Gasteiger charge is -2.38. The molecule has 0 aliphatic rings. The van der Waals surface area contributed by atoms with Gasteiger partial charge in [-0.15, -0.1) is 0 Å². The lowest BCUT2D eigenvalue weighted by atomic mass is 10.2. The van der Waals surface area contributed by atoms with Gasteiger partial charge in [-0.25, -0.2) is 4.79 Å². The maximum Gasteiger partial charge on any atom is 0.362 e. The van der Waals surface area contributed by atoms with E-state index in [9.17, 15) is 4.79 Å². The summed E-state index contributed by atoms with van der Waals surface area (Å²) in [5.41, 5.74) is 0.975. The molecule has 0 atom stereocenters. The zero-order valence-corrected chi connectivity index (χ0v) is 16.8. The Bertz CT molecular complexity index is 952. The Balaban J connectivity index is 1.87. The summed E-state index contributed by atoms with van der Waals surface area (Å²) < 4.78 is 5.95. The maximum atomic E-state index is 13.9. The zero-order valence-electron chi connectivity index (χ0n) is 16.0. The van der Waals surface area contributed by atoms with Gasteiger partial charge in [0.1, 0.15) is 6.61 Å². The van der Waals surface area contributed by atoms with E-state index in [0.29, 0.717) is 0 Å². The van der Waals surface area contributed by atoms with Gasteiger partial charge in [0.2, 0.25) is 0 Å². The molecule has 0 fully saturated rings. The van der Waals surface area contributed by atoms with E-state index in [0.717, 1.165) is 20.2 Å². The van der Waals surface area contributed by atoms with Gasteiger partial charge < -0.3 is 4.74 Å². The average molecular weight is 399 g/mol. The normalized spacial score (nSPS) is 11.6. The van der Waals surface area contributed by atoms with Crippen molar-refractivity contribution in [1.29, 1.82) is 0 Å². The van der Waals surface area contributed by atoms with E-state index in [1.165, 1.54) is 0 Å². The van der Waals surface area contributed by atoms with Crippen molar-refractivity contribution in [2.45, 2.75) is 21.3 Å². The van der Waals surface area contributed by atoms with Gasteiger partial charge in [0.25, 0.3) is 0 Å². The van der Waals surface area contributed by atoms with Crippen LogP contribution in [-0.2, 0) is 11.3 Å². The molecule has 0 saturated carbocycles. The second-order valence-corrected chi connectivity index (χ2v) is 9.55. The highest BCUT2D eigenvalue weighted by molar-refractivity contribution is 8.45. The van der Waals surface area contributed by atoms with Crippen molar-refractivity contribution >= 4 is 15.3 Å². The third kappa shape index (κ3) is 3.82. The Morgan fingerprint density at radius 3 is 1.28 bits per heavy atom. The lowest BCUT2D eigenvalue weighted by Crippen LogP contribution is -2.16. The molecule has 0 spiro atoms. The van der Waals surface area contributed by atoms with E-state index in [4.69, 9.17) is 4.74 Å². The fourth-order valence-electron chi connectivity index (χ4n) is 3.38. The highest BCUT2D eigenvalue weighted by Crippen LogP contribution is 2.69. The minimum atomic E-state index is -2.24. The second kappa shape index (κ2) is 8.80. The van der Waals surface area contributed by atoms with Crippen LogP contribution in [0.15, 0.2) is 136 Å². The first-order valence-corrected chi connectivity index (χ1v) is 11.1. The molecule has 0 amide bonds. The Labute approximate surface area is 173 Å². The summed E-state index contributed by atoms with van der Waals surface area (Å²) in [7, 11) is -2.24. The molecule has 0 bridgehead atoms. The zero-order chi connectivity index (χ0) is 19.9. The molecule has 144 valence electrons. The first-order valence-electron chi connectivity index (χ1n) is 9.51. The van der Waals surface area contributed by atoms with Crippen LogP contribution >= 0.6 is 10.0 Å². The first kappa shape index (κ1) is 19.0. The van der Waals surface area contributed by atoms with Gasteiger partial charge >= 0.3 is 5.30 Å². The molecule has 2 nitrogen and oxygen atoms in total. The summed E-state index contributed by atoms with van der Waals surface area (Å²) >= 11 is 0. The maximum absolute atomic E-state index is 13.9. The summed E-state index contributed by atoms with van der Waals surface area (Å²) in [6, 6.07) is 39.8. The van der Waals surface area contributed by atoms with Crippen LogP contribution in [0.1, 0.15) is 5.56 Å². The Morgan fingerprint density at radius 2 is 0.897 bits per heavy atom. The molecule has 4 aromatic carbocycles. The molecule has 4 rings (SSSR count). The molecule has 0 saturated heterocycles. The molecule has 0 aliphatic heterocycles. The number of benzene rings is 4. The van der Waals surface area contributed by atoms with Gasteiger partial charge in [0.05, 0.1) is 0 Å². The van der Waals surface area contributed by atoms with Crippen molar-refractivity contribution in [2.24, 2.45) is 0 Å². The molecule has 0 N–H and O–H groups in total. The number of carbonyl (C=O) groups excluding carboxylic acids is 1. The Hall–Kier alpha value is -3.30. The lowest BCUT2D eigenvalue weighted by molar-refractivity contribution is 0.167. The van der Waals surface area contributed by atoms with Crippen molar-refractivity contribution < 1.29 is 9.53 Å². The molecule has 4 aromatic rings. The summed E-state index contributed by atoms with van der Waals surface area (Å²) in [4.78, 5) is 16.8. The predicted molar refractivity (Wildman–Crippen MR) is 118 cm³/mol. The minimum Gasteiger partial charge on any atom is -0.453 e. The topological polar surface area (TPSA) is 26.3 Å². The van der Waals surface area contributed by atoms with E-state index in [2.05, 4.69) is 0 Å². The third-order valence-corrected chi connectivity index (χ3v) is 8.30. The van der Waals surface area contributed by atoms with Crippen molar-refractivity contribution in [3.8, 4) is 0 Å². The quantitative estimate of drug-likeness (QED) is 0.330. The number of carbonyl (C=O) groups is 1. The van der Waals surface area contributed by atoms with Crippen LogP contribution in [0.25, 0.3) is 0 Å². The van der Waals surface area contributed by atoms with Gasteiger partial charge in [0, 0.05) is 14.7 Å².